The predicted molar refractivity (Wildman–Crippen MR) is 66.9 cm³/mol. The van der Waals surface area contributed by atoms with E-state index in [1.165, 1.54) is 0 Å². The highest BCUT2D eigenvalue weighted by Crippen LogP contribution is 2.28. The van der Waals surface area contributed by atoms with Crippen molar-refractivity contribution in [2.45, 2.75) is 63.0 Å². The second-order valence-corrected chi connectivity index (χ2v) is 6.55. The van der Waals surface area contributed by atoms with E-state index in [9.17, 15) is 28.2 Å². The standard InChI is InChI=1S/C12H22O7S/c1-2-3-4-5-6-7-8-12(11(15)16,9-10(13)14)20(17,18)19/h2-9H2,1H3,(H,13,14)(H,15,16)(H,17,18,19)/p-2. The summed E-state index contributed by atoms with van der Waals surface area (Å²) in [6.45, 7) is 2.03. The van der Waals surface area contributed by atoms with Gasteiger partial charge in [0.1, 0.15) is 4.75 Å². The predicted octanol–water partition coefficient (Wildman–Crippen LogP) is -0.746. The summed E-state index contributed by atoms with van der Waals surface area (Å²) in [5.74, 6) is -3.98. The van der Waals surface area contributed by atoms with Crippen LogP contribution in [0.5, 0.6) is 0 Å². The van der Waals surface area contributed by atoms with Crippen LogP contribution in [0.2, 0.25) is 0 Å². The number of aliphatic carboxylic acids is 2. The van der Waals surface area contributed by atoms with Gasteiger partial charge < -0.3 is 19.8 Å². The number of hydrogen-bond acceptors (Lipinski definition) is 6. The van der Waals surface area contributed by atoms with Gasteiger partial charge in [-0.3, -0.25) is 4.55 Å². The molecule has 0 spiro atoms. The average Bonchev–Trinajstić information content (AvgIpc) is 2.29. The fraction of sp³-hybridized carbons (Fsp3) is 0.833. The minimum Gasteiger partial charge on any atom is -0.550 e. The Labute approximate surface area is 118 Å². The van der Waals surface area contributed by atoms with Gasteiger partial charge in [0.15, 0.2) is 0 Å². The summed E-state index contributed by atoms with van der Waals surface area (Å²) in [5.41, 5.74) is 0. The van der Waals surface area contributed by atoms with Crippen LogP contribution in [0.1, 0.15) is 58.3 Å². The molecule has 7 nitrogen and oxygen atoms in total. The highest BCUT2D eigenvalue weighted by molar-refractivity contribution is 7.88. The van der Waals surface area contributed by atoms with Crippen molar-refractivity contribution in [3.05, 3.63) is 0 Å². The molecule has 0 aliphatic rings. The molecule has 0 bridgehead atoms. The zero-order valence-corrected chi connectivity index (χ0v) is 12.3. The lowest BCUT2D eigenvalue weighted by molar-refractivity contribution is -0.319. The second kappa shape index (κ2) is 8.21. The summed E-state index contributed by atoms with van der Waals surface area (Å²) < 4.78 is 28.7. The van der Waals surface area contributed by atoms with Crippen LogP contribution in [0.3, 0.4) is 0 Å². The fourth-order valence-corrected chi connectivity index (χ4v) is 2.93. The van der Waals surface area contributed by atoms with Crippen LogP contribution in [-0.2, 0) is 19.7 Å². The van der Waals surface area contributed by atoms with E-state index in [0.29, 0.717) is 6.42 Å². The van der Waals surface area contributed by atoms with Crippen LogP contribution < -0.4 is 10.2 Å². The Bertz CT molecular complexity index is 429. The monoisotopic (exact) mass is 308 g/mol. The average molecular weight is 308 g/mol. The summed E-state index contributed by atoms with van der Waals surface area (Å²) in [4.78, 5) is 21.6. The molecular weight excluding hydrogens is 288 g/mol. The van der Waals surface area contributed by atoms with E-state index in [1.807, 2.05) is 6.92 Å². The quantitative estimate of drug-likeness (QED) is 0.392. The van der Waals surface area contributed by atoms with Crippen molar-refractivity contribution in [3.63, 3.8) is 0 Å². The van der Waals surface area contributed by atoms with Crippen LogP contribution in [0.15, 0.2) is 0 Å². The molecule has 0 amide bonds. The number of carbonyl (C=O) groups is 2. The van der Waals surface area contributed by atoms with E-state index in [0.717, 1.165) is 25.7 Å². The molecule has 1 unspecified atom stereocenters. The minimum atomic E-state index is -5.10. The maximum absolute atomic E-state index is 11.2. The van der Waals surface area contributed by atoms with Crippen LogP contribution in [0, 0.1) is 0 Å². The van der Waals surface area contributed by atoms with Gasteiger partial charge in [0.2, 0.25) is 0 Å². The summed E-state index contributed by atoms with van der Waals surface area (Å²) >= 11 is 0. The van der Waals surface area contributed by atoms with Crippen molar-refractivity contribution in [2.75, 3.05) is 0 Å². The Morgan fingerprint density at radius 2 is 1.55 bits per heavy atom. The van der Waals surface area contributed by atoms with E-state index in [4.69, 9.17) is 4.55 Å². The maximum atomic E-state index is 11.2. The molecule has 1 N–H and O–H groups in total. The maximum Gasteiger partial charge on any atom is 0.276 e. The van der Waals surface area contributed by atoms with Crippen molar-refractivity contribution in [3.8, 4) is 0 Å². The SMILES string of the molecule is CCCCCCCCC(CC(=O)[O-])(C(=O)[O-])S(=O)(=O)O. The minimum absolute atomic E-state index is 0.171. The molecule has 0 aliphatic carbocycles. The Kier molecular flexibility index (Phi) is 7.74. The topological polar surface area (TPSA) is 135 Å². The van der Waals surface area contributed by atoms with Gasteiger partial charge in [-0.2, -0.15) is 8.42 Å². The molecule has 0 radical (unpaired) electrons. The van der Waals surface area contributed by atoms with Crippen LogP contribution >= 0.6 is 0 Å². The van der Waals surface area contributed by atoms with Gasteiger partial charge in [-0.05, 0) is 6.42 Å². The third-order valence-electron chi connectivity index (χ3n) is 3.23. The number of hydrogen-bond donors (Lipinski definition) is 1. The van der Waals surface area contributed by atoms with Gasteiger partial charge >= 0.3 is 0 Å². The van der Waals surface area contributed by atoms with Crippen LogP contribution in [0.25, 0.3) is 0 Å². The number of carboxylic acid groups (broad SMARTS) is 2. The van der Waals surface area contributed by atoms with Crippen molar-refractivity contribution in [2.24, 2.45) is 0 Å². The zero-order chi connectivity index (χ0) is 15.8. The highest BCUT2D eigenvalue weighted by Gasteiger charge is 2.44. The van der Waals surface area contributed by atoms with Gasteiger partial charge in [0.25, 0.3) is 10.1 Å². The smallest absolute Gasteiger partial charge is 0.276 e. The molecule has 0 aromatic carbocycles. The molecule has 0 aromatic rings. The van der Waals surface area contributed by atoms with Crippen molar-refractivity contribution in [1.82, 2.24) is 0 Å². The lowest BCUT2D eigenvalue weighted by Gasteiger charge is -2.31. The summed E-state index contributed by atoms with van der Waals surface area (Å²) in [7, 11) is -5.10. The lowest BCUT2D eigenvalue weighted by Crippen LogP contribution is -2.56. The van der Waals surface area contributed by atoms with Gasteiger partial charge in [-0.15, -0.1) is 0 Å². The number of rotatable bonds is 11. The van der Waals surface area contributed by atoms with E-state index >= 15 is 0 Å². The number of carbonyl (C=O) groups excluding carboxylic acids is 2. The first-order valence-electron chi connectivity index (χ1n) is 6.55. The molecular formula is C12H20O7S-2. The molecule has 8 heteroatoms. The van der Waals surface area contributed by atoms with Gasteiger partial charge in [0.05, 0.1) is 5.97 Å². The molecule has 20 heavy (non-hydrogen) atoms. The van der Waals surface area contributed by atoms with Gasteiger partial charge in [-0.25, -0.2) is 0 Å². The Hall–Kier alpha value is -1.15. The second-order valence-electron chi connectivity index (χ2n) is 4.82. The molecule has 0 rings (SSSR count). The Morgan fingerprint density at radius 1 is 1.05 bits per heavy atom. The summed E-state index contributed by atoms with van der Waals surface area (Å²) in [6, 6.07) is 0. The van der Waals surface area contributed by atoms with Gasteiger partial charge in [-0.1, -0.05) is 45.4 Å². The van der Waals surface area contributed by atoms with Crippen molar-refractivity contribution < 1.29 is 32.8 Å². The first kappa shape index (κ1) is 18.9. The van der Waals surface area contributed by atoms with Crippen LogP contribution in [0.4, 0.5) is 0 Å². The highest BCUT2D eigenvalue weighted by atomic mass is 32.2. The molecule has 0 aliphatic heterocycles. The molecule has 0 saturated carbocycles. The molecule has 0 fully saturated rings. The first-order valence-corrected chi connectivity index (χ1v) is 7.99. The Balaban J connectivity index is 4.78. The van der Waals surface area contributed by atoms with Crippen LogP contribution in [-0.4, -0.2) is 29.7 Å². The van der Waals surface area contributed by atoms with E-state index in [-0.39, 0.29) is 6.42 Å². The zero-order valence-electron chi connectivity index (χ0n) is 11.5. The van der Waals surface area contributed by atoms with E-state index < -0.39 is 39.6 Å². The third-order valence-corrected chi connectivity index (χ3v) is 4.73. The number of carboxylic acids is 2. The van der Waals surface area contributed by atoms with Gasteiger partial charge in [0, 0.05) is 12.4 Å². The molecule has 0 saturated heterocycles. The van der Waals surface area contributed by atoms with E-state index in [2.05, 4.69) is 0 Å². The normalized spacial score (nSPS) is 14.7. The molecule has 1 atom stereocenters. The molecule has 0 heterocycles. The third kappa shape index (κ3) is 5.46. The number of unbranched alkanes of at least 4 members (excludes halogenated alkanes) is 5. The van der Waals surface area contributed by atoms with Crippen molar-refractivity contribution in [1.29, 1.82) is 0 Å². The summed E-state index contributed by atoms with van der Waals surface area (Å²) in [5, 5.41) is 21.6. The first-order chi connectivity index (χ1) is 9.17. The molecule has 118 valence electrons. The van der Waals surface area contributed by atoms with E-state index in [1.54, 1.807) is 0 Å². The van der Waals surface area contributed by atoms with Crippen molar-refractivity contribution >= 4 is 22.1 Å². The lowest BCUT2D eigenvalue weighted by atomic mass is 9.96. The largest absolute Gasteiger partial charge is 0.550 e. The fourth-order valence-electron chi connectivity index (χ4n) is 2.01. The molecule has 0 aromatic heterocycles. The Morgan fingerprint density at radius 3 is 1.95 bits per heavy atom. The summed E-state index contributed by atoms with van der Waals surface area (Å²) in [6.07, 6.45) is 2.66.